The van der Waals surface area contributed by atoms with E-state index < -0.39 is 0 Å². The average molecular weight is 274 g/mol. The molecule has 1 aliphatic heterocycles. The molecule has 0 aliphatic carbocycles. The average Bonchev–Trinajstić information content (AvgIpc) is 2.98. The zero-order valence-corrected chi connectivity index (χ0v) is 12.7. The number of amides is 1. The highest BCUT2D eigenvalue weighted by atomic mass is 16.2. The maximum Gasteiger partial charge on any atom is 0.234 e. The molecule has 1 aromatic rings. The van der Waals surface area contributed by atoms with Crippen molar-refractivity contribution in [3.8, 4) is 0 Å². The van der Waals surface area contributed by atoms with Crippen molar-refractivity contribution in [3.05, 3.63) is 30.3 Å². The van der Waals surface area contributed by atoms with Gasteiger partial charge in [-0.3, -0.25) is 4.79 Å². The van der Waals surface area contributed by atoms with Crippen LogP contribution in [0.3, 0.4) is 0 Å². The van der Waals surface area contributed by atoms with Crippen LogP contribution in [-0.2, 0) is 4.79 Å². The van der Waals surface area contributed by atoms with Gasteiger partial charge in [-0.05, 0) is 37.9 Å². The van der Waals surface area contributed by atoms with Crippen molar-refractivity contribution in [2.45, 2.75) is 39.5 Å². The van der Waals surface area contributed by atoms with Crippen molar-refractivity contribution < 1.29 is 4.79 Å². The third kappa shape index (κ3) is 3.04. The maximum atomic E-state index is 13.1. The zero-order chi connectivity index (χ0) is 14.4. The van der Waals surface area contributed by atoms with Crippen LogP contribution < -0.4 is 10.2 Å². The number of unbranched alkanes of at least 4 members (excludes halogenated alkanes) is 1. The number of rotatable bonds is 6. The van der Waals surface area contributed by atoms with E-state index in [0.29, 0.717) is 5.91 Å². The molecule has 1 heterocycles. The first-order valence-electron chi connectivity index (χ1n) is 7.81. The summed E-state index contributed by atoms with van der Waals surface area (Å²) in [5.41, 5.74) is 0.828. The van der Waals surface area contributed by atoms with Gasteiger partial charge in [0.25, 0.3) is 0 Å². The van der Waals surface area contributed by atoms with Gasteiger partial charge in [-0.25, -0.2) is 0 Å². The molecule has 2 rings (SSSR count). The topological polar surface area (TPSA) is 32.3 Å². The summed E-state index contributed by atoms with van der Waals surface area (Å²) in [5.74, 6) is 0.296. The van der Waals surface area contributed by atoms with E-state index in [0.717, 1.165) is 51.0 Å². The largest absolute Gasteiger partial charge is 0.316 e. The number of carbonyl (C=O) groups is 1. The van der Waals surface area contributed by atoms with Crippen LogP contribution in [0.15, 0.2) is 30.3 Å². The van der Waals surface area contributed by atoms with E-state index in [1.54, 1.807) is 0 Å². The standard InChI is InChI=1S/C17H26N2O/c1-3-5-13-19(15-9-7-6-8-10-15)16(20)17(4-2)11-12-18-14-17/h6-10,18H,3-5,11-14H2,1-2H3. The molecule has 1 aliphatic rings. The predicted octanol–water partition coefficient (Wildman–Crippen LogP) is 3.21. The van der Waals surface area contributed by atoms with Crippen molar-refractivity contribution in [1.29, 1.82) is 0 Å². The summed E-state index contributed by atoms with van der Waals surface area (Å²) in [7, 11) is 0. The van der Waals surface area contributed by atoms with Gasteiger partial charge in [-0.1, -0.05) is 38.5 Å². The molecule has 0 spiro atoms. The second kappa shape index (κ2) is 6.89. The molecule has 1 atom stereocenters. The van der Waals surface area contributed by atoms with Gasteiger partial charge >= 0.3 is 0 Å². The first-order valence-corrected chi connectivity index (χ1v) is 7.81. The minimum absolute atomic E-state index is 0.205. The number of nitrogens with one attached hydrogen (secondary N) is 1. The van der Waals surface area contributed by atoms with Gasteiger partial charge in [0, 0.05) is 18.8 Å². The molecule has 1 N–H and O–H groups in total. The van der Waals surface area contributed by atoms with Crippen molar-refractivity contribution in [2.75, 3.05) is 24.5 Å². The van der Waals surface area contributed by atoms with E-state index in [9.17, 15) is 4.79 Å². The van der Waals surface area contributed by atoms with Crippen LogP contribution in [0.1, 0.15) is 39.5 Å². The second-order valence-electron chi connectivity index (χ2n) is 5.71. The fourth-order valence-electron chi connectivity index (χ4n) is 2.94. The van der Waals surface area contributed by atoms with Crippen LogP contribution in [0.5, 0.6) is 0 Å². The summed E-state index contributed by atoms with van der Waals surface area (Å²) >= 11 is 0. The fourth-order valence-corrected chi connectivity index (χ4v) is 2.94. The molecule has 1 aromatic carbocycles. The third-order valence-electron chi connectivity index (χ3n) is 4.42. The Morgan fingerprint density at radius 3 is 2.60 bits per heavy atom. The molecule has 3 heteroatoms. The number of nitrogens with zero attached hydrogens (tertiary/aromatic N) is 1. The Labute approximate surface area is 122 Å². The summed E-state index contributed by atoms with van der Waals surface area (Å²) in [4.78, 5) is 15.1. The highest BCUT2D eigenvalue weighted by molar-refractivity contribution is 5.98. The highest BCUT2D eigenvalue weighted by Gasteiger charge is 2.42. The molecule has 1 fully saturated rings. The molecule has 1 saturated heterocycles. The van der Waals surface area contributed by atoms with Crippen LogP contribution in [-0.4, -0.2) is 25.5 Å². The van der Waals surface area contributed by atoms with Crippen molar-refractivity contribution in [1.82, 2.24) is 5.32 Å². The lowest BCUT2D eigenvalue weighted by Gasteiger charge is -2.33. The monoisotopic (exact) mass is 274 g/mol. The van der Waals surface area contributed by atoms with E-state index >= 15 is 0 Å². The van der Waals surface area contributed by atoms with E-state index in [2.05, 4.69) is 19.2 Å². The Hall–Kier alpha value is -1.35. The Morgan fingerprint density at radius 1 is 1.30 bits per heavy atom. The lowest BCUT2D eigenvalue weighted by Crippen LogP contribution is -2.45. The number of hydrogen-bond donors (Lipinski definition) is 1. The molecule has 1 unspecified atom stereocenters. The van der Waals surface area contributed by atoms with E-state index in [4.69, 9.17) is 0 Å². The first-order chi connectivity index (χ1) is 9.73. The van der Waals surface area contributed by atoms with Crippen LogP contribution in [0.4, 0.5) is 5.69 Å². The summed E-state index contributed by atoms with van der Waals surface area (Å²) < 4.78 is 0. The Balaban J connectivity index is 2.24. The molecule has 0 saturated carbocycles. The lowest BCUT2D eigenvalue weighted by molar-refractivity contribution is -0.127. The van der Waals surface area contributed by atoms with Crippen LogP contribution in [0.2, 0.25) is 0 Å². The number of carbonyl (C=O) groups excluding carboxylic acids is 1. The minimum Gasteiger partial charge on any atom is -0.316 e. The van der Waals surface area contributed by atoms with Gasteiger partial charge in [0.2, 0.25) is 5.91 Å². The van der Waals surface area contributed by atoms with Gasteiger partial charge in [0.05, 0.1) is 5.41 Å². The molecular weight excluding hydrogens is 248 g/mol. The molecular formula is C17H26N2O. The quantitative estimate of drug-likeness (QED) is 0.864. The molecule has 20 heavy (non-hydrogen) atoms. The van der Waals surface area contributed by atoms with Crippen molar-refractivity contribution in [3.63, 3.8) is 0 Å². The minimum atomic E-state index is -0.205. The van der Waals surface area contributed by atoms with Gasteiger partial charge in [0.15, 0.2) is 0 Å². The number of anilines is 1. The number of para-hydroxylation sites is 1. The Bertz CT molecular complexity index is 424. The molecule has 110 valence electrons. The van der Waals surface area contributed by atoms with Crippen molar-refractivity contribution >= 4 is 11.6 Å². The van der Waals surface area contributed by atoms with Crippen LogP contribution in [0.25, 0.3) is 0 Å². The maximum absolute atomic E-state index is 13.1. The predicted molar refractivity (Wildman–Crippen MR) is 83.9 cm³/mol. The Kier molecular flexibility index (Phi) is 5.18. The molecule has 0 radical (unpaired) electrons. The normalized spacial score (nSPS) is 21.9. The van der Waals surface area contributed by atoms with Gasteiger partial charge < -0.3 is 10.2 Å². The van der Waals surface area contributed by atoms with Gasteiger partial charge in [-0.15, -0.1) is 0 Å². The fraction of sp³-hybridized carbons (Fsp3) is 0.588. The van der Waals surface area contributed by atoms with E-state index in [-0.39, 0.29) is 5.41 Å². The lowest BCUT2D eigenvalue weighted by atomic mass is 9.82. The number of benzene rings is 1. The smallest absolute Gasteiger partial charge is 0.234 e. The molecule has 0 aromatic heterocycles. The first kappa shape index (κ1) is 15.0. The van der Waals surface area contributed by atoms with Gasteiger partial charge in [0.1, 0.15) is 0 Å². The van der Waals surface area contributed by atoms with Crippen LogP contribution in [0, 0.1) is 5.41 Å². The third-order valence-corrected chi connectivity index (χ3v) is 4.42. The summed E-state index contributed by atoms with van der Waals surface area (Å²) in [6.07, 6.45) is 4.02. The summed E-state index contributed by atoms with van der Waals surface area (Å²) in [5, 5.41) is 3.36. The SMILES string of the molecule is CCCCN(C(=O)C1(CC)CCNC1)c1ccccc1. The molecule has 0 bridgehead atoms. The molecule has 3 nitrogen and oxygen atoms in total. The van der Waals surface area contributed by atoms with E-state index in [1.807, 2.05) is 35.2 Å². The summed E-state index contributed by atoms with van der Waals surface area (Å²) in [6.45, 7) is 6.89. The van der Waals surface area contributed by atoms with Gasteiger partial charge in [-0.2, -0.15) is 0 Å². The Morgan fingerprint density at radius 2 is 2.05 bits per heavy atom. The van der Waals surface area contributed by atoms with Crippen LogP contribution >= 0.6 is 0 Å². The highest BCUT2D eigenvalue weighted by Crippen LogP contribution is 2.33. The zero-order valence-electron chi connectivity index (χ0n) is 12.7. The number of hydrogen-bond acceptors (Lipinski definition) is 2. The molecule has 1 amide bonds. The summed E-state index contributed by atoms with van der Waals surface area (Å²) in [6, 6.07) is 10.1. The van der Waals surface area contributed by atoms with E-state index in [1.165, 1.54) is 0 Å². The van der Waals surface area contributed by atoms with Crippen molar-refractivity contribution in [2.24, 2.45) is 5.41 Å². The second-order valence-corrected chi connectivity index (χ2v) is 5.71.